The molecule has 0 N–H and O–H groups in total. The number of carbonyl (C=O) groups excluding carboxylic acids is 1. The highest BCUT2D eigenvalue weighted by molar-refractivity contribution is 8.19. The predicted octanol–water partition coefficient (Wildman–Crippen LogP) is 4.50. The molecule has 1 aromatic heterocycles. The second-order valence-corrected chi connectivity index (χ2v) is 8.69. The minimum absolute atomic E-state index is 0.0849. The lowest BCUT2D eigenvalue weighted by Gasteiger charge is -2.17. The Balaban J connectivity index is 1.66. The van der Waals surface area contributed by atoms with E-state index in [1.807, 2.05) is 54.2 Å². The van der Waals surface area contributed by atoms with Gasteiger partial charge in [0.25, 0.3) is 5.91 Å². The molecule has 21 heavy (non-hydrogen) atoms. The minimum atomic E-state index is 0.0849. The van der Waals surface area contributed by atoms with E-state index in [0.717, 1.165) is 5.56 Å². The molecule has 0 atom stereocenters. The summed E-state index contributed by atoms with van der Waals surface area (Å²) in [6.45, 7) is 0.673. The molecule has 1 fully saturated rings. The van der Waals surface area contributed by atoms with Crippen LogP contribution in [0.3, 0.4) is 0 Å². The number of hydrogen-bond acceptors (Lipinski definition) is 4. The van der Waals surface area contributed by atoms with Crippen molar-refractivity contribution < 1.29 is 4.79 Å². The Morgan fingerprint density at radius 1 is 1.19 bits per heavy atom. The maximum atomic E-state index is 12.4. The van der Waals surface area contributed by atoms with E-state index in [-0.39, 0.29) is 5.91 Å². The van der Waals surface area contributed by atoms with Crippen LogP contribution in [0.15, 0.2) is 41.8 Å². The van der Waals surface area contributed by atoms with Gasteiger partial charge in [0.2, 0.25) is 0 Å². The number of thioether (sulfide) groups is 2. The summed E-state index contributed by atoms with van der Waals surface area (Å²) in [5.41, 5.74) is 2.09. The molecule has 1 saturated heterocycles. The molecule has 2 aromatic rings. The summed E-state index contributed by atoms with van der Waals surface area (Å²) >= 11 is 5.66. The van der Waals surface area contributed by atoms with Crippen LogP contribution in [0.4, 0.5) is 0 Å². The van der Waals surface area contributed by atoms with Crippen molar-refractivity contribution in [3.8, 4) is 0 Å². The molecule has 0 saturated carbocycles. The van der Waals surface area contributed by atoms with E-state index in [1.54, 1.807) is 16.2 Å². The lowest BCUT2D eigenvalue weighted by Crippen LogP contribution is -2.25. The van der Waals surface area contributed by atoms with Gasteiger partial charge in [0.1, 0.15) is 0 Å². The maximum Gasteiger partial charge on any atom is 0.253 e. The summed E-state index contributed by atoms with van der Waals surface area (Å²) in [6.07, 6.45) is 0. The van der Waals surface area contributed by atoms with E-state index in [2.05, 4.69) is 18.2 Å². The largest absolute Gasteiger partial charge is 0.337 e. The summed E-state index contributed by atoms with van der Waals surface area (Å²) < 4.78 is 0.540. The van der Waals surface area contributed by atoms with Crippen LogP contribution in [0.5, 0.6) is 0 Å². The predicted molar refractivity (Wildman–Crippen MR) is 94.2 cm³/mol. The molecule has 5 heteroatoms. The first-order valence-corrected chi connectivity index (χ1v) is 9.83. The van der Waals surface area contributed by atoms with Gasteiger partial charge in [0.15, 0.2) is 0 Å². The zero-order valence-corrected chi connectivity index (χ0v) is 14.3. The van der Waals surface area contributed by atoms with Gasteiger partial charge < -0.3 is 4.90 Å². The summed E-state index contributed by atoms with van der Waals surface area (Å²) in [5, 5.41) is 2.04. The first-order chi connectivity index (χ1) is 10.2. The first kappa shape index (κ1) is 15.0. The molecule has 1 aliphatic heterocycles. The van der Waals surface area contributed by atoms with Crippen LogP contribution >= 0.6 is 34.9 Å². The van der Waals surface area contributed by atoms with Crippen molar-refractivity contribution in [2.45, 2.75) is 11.1 Å². The average molecular weight is 336 g/mol. The highest BCUT2D eigenvalue weighted by atomic mass is 32.2. The summed E-state index contributed by atoms with van der Waals surface area (Å²) in [7, 11) is 1.86. The molecule has 110 valence electrons. The van der Waals surface area contributed by atoms with E-state index in [0.29, 0.717) is 11.1 Å². The van der Waals surface area contributed by atoms with Gasteiger partial charge in [-0.3, -0.25) is 4.79 Å². The molecule has 2 heterocycles. The van der Waals surface area contributed by atoms with Crippen LogP contribution in [0.2, 0.25) is 0 Å². The van der Waals surface area contributed by atoms with Crippen LogP contribution in [0.1, 0.15) is 25.4 Å². The van der Waals surface area contributed by atoms with Crippen LogP contribution in [0.25, 0.3) is 0 Å². The second-order valence-electron chi connectivity index (χ2n) is 4.94. The monoisotopic (exact) mass is 335 g/mol. The van der Waals surface area contributed by atoms with Crippen molar-refractivity contribution in [2.24, 2.45) is 0 Å². The fraction of sp³-hybridized carbons (Fsp3) is 0.312. The Morgan fingerprint density at radius 2 is 1.90 bits per heavy atom. The van der Waals surface area contributed by atoms with E-state index in [4.69, 9.17) is 0 Å². The summed E-state index contributed by atoms with van der Waals surface area (Å²) in [6, 6.07) is 12.2. The number of carbonyl (C=O) groups is 1. The lowest BCUT2D eigenvalue weighted by atomic mass is 10.1. The third-order valence-corrected chi connectivity index (χ3v) is 7.34. The van der Waals surface area contributed by atoms with E-state index in [1.165, 1.54) is 21.9 Å². The molecular weight excluding hydrogens is 318 g/mol. The van der Waals surface area contributed by atoms with Crippen molar-refractivity contribution in [1.82, 2.24) is 4.90 Å². The van der Waals surface area contributed by atoms with E-state index in [9.17, 15) is 4.79 Å². The van der Waals surface area contributed by atoms with Crippen molar-refractivity contribution in [3.63, 3.8) is 0 Å². The third kappa shape index (κ3) is 3.65. The normalized spacial score (nSPS) is 15.3. The number of hydrogen-bond donors (Lipinski definition) is 0. The van der Waals surface area contributed by atoms with Crippen LogP contribution in [-0.4, -0.2) is 29.4 Å². The van der Waals surface area contributed by atoms with Gasteiger partial charge in [-0.2, -0.15) is 0 Å². The van der Waals surface area contributed by atoms with Gasteiger partial charge in [-0.05, 0) is 29.1 Å². The lowest BCUT2D eigenvalue weighted by molar-refractivity contribution is 0.0786. The Labute approximate surface area is 137 Å². The standard InChI is InChI=1S/C16H17NOS3/c1-17(11-14-3-2-8-19-14)15(18)12-4-6-13(7-5-12)16-20-9-10-21-16/h2-8,16H,9-11H2,1H3. The number of amides is 1. The van der Waals surface area contributed by atoms with Gasteiger partial charge >= 0.3 is 0 Å². The number of nitrogens with zero attached hydrogens (tertiary/aromatic N) is 1. The zero-order chi connectivity index (χ0) is 14.7. The quantitative estimate of drug-likeness (QED) is 0.820. The van der Waals surface area contributed by atoms with Gasteiger partial charge in [0.05, 0.1) is 11.1 Å². The van der Waals surface area contributed by atoms with Crippen LogP contribution < -0.4 is 0 Å². The number of rotatable bonds is 4. The molecule has 0 spiro atoms. The SMILES string of the molecule is CN(Cc1cccs1)C(=O)c1ccc(C2SCCS2)cc1. The topological polar surface area (TPSA) is 20.3 Å². The van der Waals surface area contributed by atoms with E-state index >= 15 is 0 Å². The molecule has 1 aliphatic rings. The van der Waals surface area contributed by atoms with Gasteiger partial charge in [0, 0.05) is 29.0 Å². The molecule has 1 aromatic carbocycles. The van der Waals surface area contributed by atoms with Gasteiger partial charge in [-0.1, -0.05) is 18.2 Å². The maximum absolute atomic E-state index is 12.4. The third-order valence-electron chi connectivity index (χ3n) is 3.37. The molecule has 0 aliphatic carbocycles. The first-order valence-electron chi connectivity index (χ1n) is 6.85. The van der Waals surface area contributed by atoms with Crippen molar-refractivity contribution in [1.29, 1.82) is 0 Å². The molecule has 0 radical (unpaired) electrons. The second kappa shape index (κ2) is 6.90. The number of benzene rings is 1. The van der Waals surface area contributed by atoms with Gasteiger partial charge in [-0.25, -0.2) is 0 Å². The zero-order valence-electron chi connectivity index (χ0n) is 11.8. The highest BCUT2D eigenvalue weighted by Gasteiger charge is 2.19. The van der Waals surface area contributed by atoms with Crippen LogP contribution in [-0.2, 0) is 6.54 Å². The molecule has 0 unspecified atom stereocenters. The highest BCUT2D eigenvalue weighted by Crippen LogP contribution is 2.45. The van der Waals surface area contributed by atoms with E-state index < -0.39 is 0 Å². The van der Waals surface area contributed by atoms with Gasteiger partial charge in [-0.15, -0.1) is 34.9 Å². The minimum Gasteiger partial charge on any atom is -0.337 e. The summed E-state index contributed by atoms with van der Waals surface area (Å²) in [5.74, 6) is 2.53. The Hall–Kier alpha value is -0.910. The molecule has 1 amide bonds. The molecule has 2 nitrogen and oxygen atoms in total. The fourth-order valence-electron chi connectivity index (χ4n) is 2.26. The Kier molecular flexibility index (Phi) is 4.93. The van der Waals surface area contributed by atoms with Crippen LogP contribution in [0, 0.1) is 0 Å². The fourth-order valence-corrected chi connectivity index (χ4v) is 5.88. The Bertz CT molecular complexity index is 588. The van der Waals surface area contributed by atoms with Crippen molar-refractivity contribution in [2.75, 3.05) is 18.6 Å². The smallest absolute Gasteiger partial charge is 0.253 e. The summed E-state index contributed by atoms with van der Waals surface area (Å²) in [4.78, 5) is 15.4. The van der Waals surface area contributed by atoms with Crippen molar-refractivity contribution >= 4 is 40.8 Å². The molecular formula is C16H17NOS3. The molecule has 0 bridgehead atoms. The number of thiophene rings is 1. The van der Waals surface area contributed by atoms with Crippen molar-refractivity contribution in [3.05, 3.63) is 57.8 Å². The molecule has 3 rings (SSSR count). The Morgan fingerprint density at radius 3 is 2.52 bits per heavy atom. The average Bonchev–Trinajstić information content (AvgIpc) is 3.20.